The molecule has 0 atom stereocenters. The minimum absolute atomic E-state index is 0.692. The highest BCUT2D eigenvalue weighted by Gasteiger charge is 2.26. The largest absolute Gasteiger partial charge is 0.455 e. The predicted octanol–water partition coefficient (Wildman–Crippen LogP) is 10.0. The van der Waals surface area contributed by atoms with Crippen LogP contribution in [-0.2, 0) is 6.42 Å². The lowest BCUT2D eigenvalue weighted by molar-refractivity contribution is 0.594. The molecule has 0 amide bonds. The van der Waals surface area contributed by atoms with Crippen LogP contribution >= 0.6 is 0 Å². The molecule has 6 aromatic rings. The van der Waals surface area contributed by atoms with Crippen molar-refractivity contribution in [2.45, 2.75) is 19.3 Å². The van der Waals surface area contributed by atoms with Gasteiger partial charge in [-0.3, -0.25) is 0 Å². The van der Waals surface area contributed by atoms with Crippen molar-refractivity contribution in [3.63, 3.8) is 0 Å². The van der Waals surface area contributed by atoms with Crippen molar-refractivity contribution in [3.05, 3.63) is 138 Å². The maximum Gasteiger partial charge on any atom is 0.142 e. The zero-order chi connectivity index (χ0) is 27.2. The van der Waals surface area contributed by atoms with E-state index in [-0.39, 0.29) is 0 Å². The van der Waals surface area contributed by atoms with Gasteiger partial charge in [0.1, 0.15) is 11.5 Å². The van der Waals surface area contributed by atoms with Crippen LogP contribution in [0.5, 0.6) is 0 Å². The van der Waals surface area contributed by atoms with Gasteiger partial charge in [0.15, 0.2) is 0 Å². The van der Waals surface area contributed by atoms with E-state index in [4.69, 9.17) is 4.42 Å². The summed E-state index contributed by atoms with van der Waals surface area (Å²) in [6, 6.07) is 34.5. The van der Waals surface area contributed by atoms with Crippen LogP contribution in [0.4, 0.5) is 0 Å². The van der Waals surface area contributed by atoms with Crippen molar-refractivity contribution in [2.75, 3.05) is 0 Å². The van der Waals surface area contributed by atoms with Gasteiger partial charge in [0, 0.05) is 45.1 Å². The molecule has 0 fully saturated rings. The summed E-state index contributed by atoms with van der Waals surface area (Å²) in [7, 11) is 0. The quantitative estimate of drug-likeness (QED) is 0.209. The molecule has 2 aliphatic carbocycles. The van der Waals surface area contributed by atoms with Crippen molar-refractivity contribution >= 4 is 33.5 Å². The first-order chi connectivity index (χ1) is 20.4. The Balaban J connectivity index is 1.48. The molecule has 2 heteroatoms. The minimum atomic E-state index is 0.692. The molecule has 2 aliphatic rings. The molecule has 2 nitrogen and oxygen atoms in total. The second kappa shape index (κ2) is 9.73. The number of aromatic nitrogens is 1. The number of hydrogen-bond donors (Lipinski definition) is 0. The SMILES string of the molecule is C1#CCC(c2cc3c4ccccc4n(-c4ccccc4)c3cc2-c2oc(-c3ccccc3)c3c2CCC=C3)=CC=C1. The Labute approximate surface area is 239 Å². The molecule has 0 radical (unpaired) electrons. The Hall–Kier alpha value is -5.26. The number of furan rings is 1. The maximum atomic E-state index is 6.93. The fourth-order valence-electron chi connectivity index (χ4n) is 6.34. The third kappa shape index (κ3) is 3.90. The summed E-state index contributed by atoms with van der Waals surface area (Å²) >= 11 is 0. The second-order valence-electron chi connectivity index (χ2n) is 10.6. The van der Waals surface area contributed by atoms with Crippen LogP contribution in [0.25, 0.3) is 61.8 Å². The van der Waals surface area contributed by atoms with Gasteiger partial charge in [-0.2, -0.15) is 0 Å². The smallest absolute Gasteiger partial charge is 0.142 e. The van der Waals surface area contributed by atoms with Gasteiger partial charge in [-0.1, -0.05) is 103 Å². The van der Waals surface area contributed by atoms with Crippen LogP contribution in [-0.4, -0.2) is 4.57 Å². The first kappa shape index (κ1) is 23.6. The summed E-state index contributed by atoms with van der Waals surface area (Å²) in [4.78, 5) is 0. The van der Waals surface area contributed by atoms with E-state index >= 15 is 0 Å². The summed E-state index contributed by atoms with van der Waals surface area (Å²) in [5.74, 6) is 8.39. The zero-order valence-electron chi connectivity index (χ0n) is 22.6. The molecule has 0 N–H and O–H groups in total. The number of fused-ring (bicyclic) bond motifs is 4. The number of hydrogen-bond acceptors (Lipinski definition) is 1. The molecule has 0 saturated heterocycles. The van der Waals surface area contributed by atoms with Crippen LogP contribution in [0.1, 0.15) is 29.5 Å². The highest BCUT2D eigenvalue weighted by molar-refractivity contribution is 6.12. The third-order valence-electron chi connectivity index (χ3n) is 8.20. The predicted molar refractivity (Wildman–Crippen MR) is 171 cm³/mol. The molecule has 0 spiro atoms. The third-order valence-corrected chi connectivity index (χ3v) is 8.20. The average molecular weight is 526 g/mol. The molecule has 8 rings (SSSR count). The molecular weight excluding hydrogens is 498 g/mol. The molecular formula is C39H27NO. The monoisotopic (exact) mass is 525 g/mol. The maximum absolute atomic E-state index is 6.93. The molecule has 194 valence electrons. The topological polar surface area (TPSA) is 18.1 Å². The molecule has 0 aliphatic heterocycles. The van der Waals surface area contributed by atoms with Crippen molar-refractivity contribution < 1.29 is 4.42 Å². The number of allylic oxidation sites excluding steroid dienone is 5. The molecule has 2 heterocycles. The van der Waals surface area contributed by atoms with E-state index in [0.29, 0.717) is 6.42 Å². The van der Waals surface area contributed by atoms with Crippen LogP contribution in [0.3, 0.4) is 0 Å². The number of rotatable bonds is 4. The Bertz CT molecular complexity index is 2100. The van der Waals surface area contributed by atoms with Gasteiger partial charge in [0.2, 0.25) is 0 Å². The standard InChI is InChI=1S/C39H27NO/c1-2-6-16-27(15-5-1)33-25-34-30-21-13-14-24-36(30)40(29-19-9-4-10-20-29)37(34)26-35(33)39-32-23-12-11-22-31(32)38(41-39)28-17-7-3-8-18-28/h1,3-5,7-11,13-15,17-22,24-26H,12,16,23H2. The first-order valence-corrected chi connectivity index (χ1v) is 14.2. The van der Waals surface area contributed by atoms with Gasteiger partial charge in [0.25, 0.3) is 0 Å². The summed E-state index contributed by atoms with van der Waals surface area (Å²) in [6.07, 6.45) is 13.3. The highest BCUT2D eigenvalue weighted by atomic mass is 16.3. The van der Waals surface area contributed by atoms with Crippen LogP contribution in [0.2, 0.25) is 0 Å². The highest BCUT2D eigenvalue weighted by Crippen LogP contribution is 2.45. The lowest BCUT2D eigenvalue weighted by Gasteiger charge is -2.15. The Morgan fingerprint density at radius 2 is 1.54 bits per heavy atom. The first-order valence-electron chi connectivity index (χ1n) is 14.2. The minimum Gasteiger partial charge on any atom is -0.455 e. The number of para-hydroxylation sites is 2. The second-order valence-corrected chi connectivity index (χ2v) is 10.6. The van der Waals surface area contributed by atoms with Gasteiger partial charge in [0.05, 0.1) is 11.0 Å². The average Bonchev–Trinajstić information content (AvgIpc) is 3.44. The molecule has 0 bridgehead atoms. The van der Waals surface area contributed by atoms with E-state index in [9.17, 15) is 0 Å². The fourth-order valence-corrected chi connectivity index (χ4v) is 6.34. The molecule has 4 aromatic carbocycles. The van der Waals surface area contributed by atoms with Crippen molar-refractivity contribution in [2.24, 2.45) is 0 Å². The van der Waals surface area contributed by atoms with Crippen molar-refractivity contribution in [3.8, 4) is 40.2 Å². The Morgan fingerprint density at radius 3 is 2.41 bits per heavy atom. The van der Waals surface area contributed by atoms with Gasteiger partial charge in [-0.15, -0.1) is 0 Å². The molecule has 0 unspecified atom stereocenters. The van der Waals surface area contributed by atoms with E-state index in [1.165, 1.54) is 44.1 Å². The van der Waals surface area contributed by atoms with Crippen molar-refractivity contribution in [1.29, 1.82) is 0 Å². The Kier molecular flexibility index (Phi) is 5.61. The fraction of sp³-hybridized carbons (Fsp3) is 0.0769. The van der Waals surface area contributed by atoms with E-state index in [2.05, 4.69) is 138 Å². The van der Waals surface area contributed by atoms with Gasteiger partial charge < -0.3 is 8.98 Å². The number of benzene rings is 4. The molecule has 0 saturated carbocycles. The van der Waals surface area contributed by atoms with E-state index in [1.54, 1.807) is 0 Å². The van der Waals surface area contributed by atoms with Crippen LogP contribution < -0.4 is 0 Å². The van der Waals surface area contributed by atoms with E-state index in [0.717, 1.165) is 41.2 Å². The Morgan fingerprint density at radius 1 is 0.732 bits per heavy atom. The molecule has 41 heavy (non-hydrogen) atoms. The summed E-state index contributed by atoms with van der Waals surface area (Å²) in [6.45, 7) is 0. The molecule has 2 aromatic heterocycles. The van der Waals surface area contributed by atoms with Crippen LogP contribution in [0, 0.1) is 11.8 Å². The van der Waals surface area contributed by atoms with E-state index < -0.39 is 0 Å². The number of nitrogens with zero attached hydrogens (tertiary/aromatic N) is 1. The summed E-state index contributed by atoms with van der Waals surface area (Å²) in [5, 5.41) is 2.47. The lowest BCUT2D eigenvalue weighted by atomic mass is 9.89. The van der Waals surface area contributed by atoms with Gasteiger partial charge in [-0.25, -0.2) is 0 Å². The van der Waals surface area contributed by atoms with Crippen LogP contribution in [0.15, 0.2) is 126 Å². The lowest BCUT2D eigenvalue weighted by Crippen LogP contribution is -1.97. The van der Waals surface area contributed by atoms with E-state index in [1.807, 2.05) is 6.08 Å². The summed E-state index contributed by atoms with van der Waals surface area (Å²) in [5.41, 5.74) is 10.6. The van der Waals surface area contributed by atoms with Gasteiger partial charge >= 0.3 is 0 Å². The summed E-state index contributed by atoms with van der Waals surface area (Å²) < 4.78 is 9.31. The van der Waals surface area contributed by atoms with Gasteiger partial charge in [-0.05, 0) is 60.4 Å². The zero-order valence-corrected chi connectivity index (χ0v) is 22.6. The van der Waals surface area contributed by atoms with Crippen molar-refractivity contribution in [1.82, 2.24) is 4.57 Å². The normalized spacial score (nSPS) is 14.0.